The molecular weight excluding hydrogens is 472 g/mol. The molecular formula is C28H34N4O5. The van der Waals surface area contributed by atoms with Crippen molar-refractivity contribution >= 4 is 17.2 Å². The molecule has 1 aromatic carbocycles. The van der Waals surface area contributed by atoms with E-state index in [0.717, 1.165) is 30.4 Å². The standard InChI is InChI=1S/C28H34N4O5/c1-25(2)9-7-16(8-10-25)19-11-17(5-6-20(19)32-24(35)23-30-13-18(12-29)31-23)28(36)14-26(3)21(33)22(34)27(4,15-28)37-26/h5-7,11,13,21-22,33-34,36H,8-10,14-15H2,1-4H3,(H,30,31)(H,32,35)/t21-,22+,26+,27-,28?. The van der Waals surface area contributed by atoms with Gasteiger partial charge in [-0.2, -0.15) is 5.26 Å². The summed E-state index contributed by atoms with van der Waals surface area (Å²) in [5.74, 6) is -0.435. The van der Waals surface area contributed by atoms with E-state index in [1.54, 1.807) is 26.0 Å². The Kier molecular flexibility index (Phi) is 5.88. The number of nitriles is 1. The molecule has 5 atom stereocenters. The lowest BCUT2D eigenvalue weighted by molar-refractivity contribution is -0.215. The Hall–Kier alpha value is -3.03. The second kappa shape index (κ2) is 8.50. The molecule has 0 spiro atoms. The maximum absolute atomic E-state index is 12.9. The molecule has 3 aliphatic rings. The number of rotatable bonds is 4. The van der Waals surface area contributed by atoms with Crippen molar-refractivity contribution in [2.75, 3.05) is 5.32 Å². The van der Waals surface area contributed by atoms with Crippen LogP contribution in [0.25, 0.3) is 5.57 Å². The number of imidazole rings is 1. The summed E-state index contributed by atoms with van der Waals surface area (Å²) in [4.78, 5) is 19.6. The van der Waals surface area contributed by atoms with Gasteiger partial charge < -0.3 is 30.4 Å². The molecule has 196 valence electrons. The van der Waals surface area contributed by atoms with Crippen molar-refractivity contribution in [3.05, 3.63) is 53.1 Å². The molecule has 2 saturated heterocycles. The highest BCUT2D eigenvalue weighted by atomic mass is 16.6. The second-order valence-electron chi connectivity index (χ2n) is 12.1. The monoisotopic (exact) mass is 506 g/mol. The van der Waals surface area contributed by atoms with Crippen molar-refractivity contribution < 1.29 is 24.9 Å². The Bertz CT molecular complexity index is 1300. The van der Waals surface area contributed by atoms with Crippen LogP contribution < -0.4 is 5.32 Å². The molecule has 2 aromatic rings. The van der Waals surface area contributed by atoms with Crippen LogP contribution in [-0.4, -0.2) is 54.6 Å². The molecule has 5 N–H and O–H groups in total. The van der Waals surface area contributed by atoms with Gasteiger partial charge in [-0.05, 0) is 61.8 Å². The zero-order valence-corrected chi connectivity index (χ0v) is 21.6. The summed E-state index contributed by atoms with van der Waals surface area (Å²) in [6.45, 7) is 7.88. The number of allylic oxidation sites excluding steroid dienone is 2. The number of carbonyl (C=O) groups is 1. The summed E-state index contributed by atoms with van der Waals surface area (Å²) in [5.41, 5.74) is -0.0826. The Balaban J connectivity index is 1.54. The fraction of sp³-hybridized carbons (Fsp3) is 0.536. The van der Waals surface area contributed by atoms with Gasteiger partial charge in [-0.15, -0.1) is 0 Å². The van der Waals surface area contributed by atoms with Crippen LogP contribution >= 0.6 is 0 Å². The Labute approximate surface area is 216 Å². The summed E-state index contributed by atoms with van der Waals surface area (Å²) in [5, 5.41) is 45.2. The van der Waals surface area contributed by atoms with E-state index in [1.807, 2.05) is 12.1 Å². The fourth-order valence-corrected chi connectivity index (χ4v) is 6.24. The average Bonchev–Trinajstić information content (AvgIpc) is 3.36. The molecule has 2 aliphatic heterocycles. The van der Waals surface area contributed by atoms with E-state index in [0.29, 0.717) is 11.3 Å². The van der Waals surface area contributed by atoms with Gasteiger partial charge in [0.25, 0.3) is 5.91 Å². The number of H-pyrrole nitrogens is 1. The maximum Gasteiger partial charge on any atom is 0.291 e. The Morgan fingerprint density at radius 3 is 2.43 bits per heavy atom. The zero-order valence-electron chi connectivity index (χ0n) is 21.6. The quantitative estimate of drug-likeness (QED) is 0.426. The number of nitrogens with zero attached hydrogens (tertiary/aromatic N) is 2. The second-order valence-corrected chi connectivity index (χ2v) is 12.1. The number of hydrogen-bond acceptors (Lipinski definition) is 7. The van der Waals surface area contributed by atoms with Gasteiger partial charge in [0.15, 0.2) is 5.82 Å². The normalized spacial score (nSPS) is 34.5. The summed E-state index contributed by atoms with van der Waals surface area (Å²) in [6.07, 6.45) is 4.19. The van der Waals surface area contributed by atoms with Crippen molar-refractivity contribution in [1.82, 2.24) is 9.97 Å². The summed E-state index contributed by atoms with van der Waals surface area (Å²) in [7, 11) is 0. The van der Waals surface area contributed by atoms with Crippen LogP contribution in [0.3, 0.4) is 0 Å². The SMILES string of the molecule is CC1(C)CC=C(c2cc(C3(O)C[C@@]4(C)O[C@@](C)(C3)[C@H](O)[C@@H]4O)ccc2NC(=O)c2ncc(C#N)[nH]2)CC1. The molecule has 1 aliphatic carbocycles. The van der Waals surface area contributed by atoms with Crippen LogP contribution in [-0.2, 0) is 10.3 Å². The van der Waals surface area contributed by atoms with Crippen LogP contribution in [0.15, 0.2) is 30.5 Å². The van der Waals surface area contributed by atoms with Crippen LogP contribution in [0.2, 0.25) is 0 Å². The van der Waals surface area contributed by atoms with Crippen LogP contribution in [0.1, 0.15) is 87.2 Å². The van der Waals surface area contributed by atoms with Gasteiger partial charge in [-0.1, -0.05) is 26.0 Å². The molecule has 2 bridgehead atoms. The van der Waals surface area contributed by atoms with Gasteiger partial charge >= 0.3 is 0 Å². The molecule has 3 heterocycles. The lowest BCUT2D eigenvalue weighted by Crippen LogP contribution is -2.51. The van der Waals surface area contributed by atoms with Crippen LogP contribution in [0, 0.1) is 16.7 Å². The number of fused-ring (bicyclic) bond motifs is 2. The fourth-order valence-electron chi connectivity index (χ4n) is 6.24. The third kappa shape index (κ3) is 4.38. The minimum atomic E-state index is -1.35. The first kappa shape index (κ1) is 25.6. The number of aliphatic hydroxyl groups excluding tert-OH is 2. The van der Waals surface area contributed by atoms with E-state index >= 15 is 0 Å². The molecule has 9 nitrogen and oxygen atoms in total. The number of amides is 1. The van der Waals surface area contributed by atoms with E-state index in [1.165, 1.54) is 6.20 Å². The summed E-state index contributed by atoms with van der Waals surface area (Å²) >= 11 is 0. The Morgan fingerprint density at radius 1 is 1.19 bits per heavy atom. The van der Waals surface area contributed by atoms with E-state index in [2.05, 4.69) is 35.2 Å². The van der Waals surface area contributed by atoms with Crippen LogP contribution in [0.5, 0.6) is 0 Å². The first-order valence-corrected chi connectivity index (χ1v) is 12.7. The lowest BCUT2D eigenvalue weighted by atomic mass is 9.74. The molecule has 37 heavy (non-hydrogen) atoms. The first-order valence-electron chi connectivity index (χ1n) is 12.7. The summed E-state index contributed by atoms with van der Waals surface area (Å²) < 4.78 is 6.06. The number of nitrogens with one attached hydrogen (secondary N) is 2. The molecule has 1 unspecified atom stereocenters. The van der Waals surface area contributed by atoms with Gasteiger partial charge in [-0.3, -0.25) is 4.79 Å². The third-order valence-corrected chi connectivity index (χ3v) is 8.34. The maximum atomic E-state index is 12.9. The molecule has 5 rings (SSSR count). The highest BCUT2D eigenvalue weighted by Crippen LogP contribution is 2.55. The number of benzene rings is 1. The predicted molar refractivity (Wildman–Crippen MR) is 136 cm³/mol. The van der Waals surface area contributed by atoms with E-state index < -0.39 is 34.9 Å². The van der Waals surface area contributed by atoms with Gasteiger partial charge in [0.2, 0.25) is 0 Å². The number of aromatic amines is 1. The van der Waals surface area contributed by atoms with Gasteiger partial charge in [0.05, 0.1) is 23.0 Å². The number of hydrogen-bond donors (Lipinski definition) is 5. The van der Waals surface area contributed by atoms with E-state index in [4.69, 9.17) is 10.00 Å². The molecule has 1 aromatic heterocycles. The first-order chi connectivity index (χ1) is 17.3. The number of carbonyl (C=O) groups excluding carboxylic acids is 1. The highest BCUT2D eigenvalue weighted by molar-refractivity contribution is 6.03. The van der Waals surface area contributed by atoms with Gasteiger partial charge in [0.1, 0.15) is 24.0 Å². The minimum absolute atomic E-state index is 0.0359. The van der Waals surface area contributed by atoms with Crippen molar-refractivity contribution in [1.29, 1.82) is 5.26 Å². The topological polar surface area (TPSA) is 151 Å². The van der Waals surface area contributed by atoms with Crippen LogP contribution in [0.4, 0.5) is 5.69 Å². The van der Waals surface area contributed by atoms with Crippen molar-refractivity contribution in [2.45, 2.75) is 88.8 Å². The minimum Gasteiger partial charge on any atom is -0.387 e. The van der Waals surface area contributed by atoms with E-state index in [-0.39, 0.29) is 29.8 Å². The molecule has 9 heteroatoms. The lowest BCUT2D eigenvalue weighted by Gasteiger charge is -2.46. The largest absolute Gasteiger partial charge is 0.387 e. The molecule has 0 saturated carbocycles. The van der Waals surface area contributed by atoms with Crippen molar-refractivity contribution in [3.63, 3.8) is 0 Å². The number of ether oxygens (including phenoxy) is 1. The third-order valence-electron chi connectivity index (χ3n) is 8.34. The molecule has 2 fully saturated rings. The van der Waals surface area contributed by atoms with Crippen molar-refractivity contribution in [2.24, 2.45) is 5.41 Å². The molecule has 0 radical (unpaired) electrons. The number of aliphatic hydroxyl groups is 3. The van der Waals surface area contributed by atoms with Gasteiger partial charge in [0, 0.05) is 24.1 Å². The number of anilines is 1. The number of aromatic nitrogens is 2. The predicted octanol–water partition coefficient (Wildman–Crippen LogP) is 3.38. The Morgan fingerprint density at radius 2 is 1.86 bits per heavy atom. The van der Waals surface area contributed by atoms with Crippen molar-refractivity contribution in [3.8, 4) is 6.07 Å². The zero-order chi connectivity index (χ0) is 26.8. The van der Waals surface area contributed by atoms with Gasteiger partial charge in [-0.25, -0.2) is 4.98 Å². The smallest absolute Gasteiger partial charge is 0.291 e. The average molecular weight is 507 g/mol. The van der Waals surface area contributed by atoms with E-state index in [9.17, 15) is 20.1 Å². The highest BCUT2D eigenvalue weighted by Gasteiger charge is 2.65. The molecule has 1 amide bonds. The summed E-state index contributed by atoms with van der Waals surface area (Å²) in [6, 6.07) is 7.37.